The van der Waals surface area contributed by atoms with Crippen molar-refractivity contribution >= 4 is 11.6 Å². The van der Waals surface area contributed by atoms with Crippen LogP contribution in [0.25, 0.3) is 0 Å². The Balaban J connectivity index is 3.08. The summed E-state index contributed by atoms with van der Waals surface area (Å²) in [6.07, 6.45) is -4.33. The lowest BCUT2D eigenvalue weighted by molar-refractivity contribution is -0.156. The summed E-state index contributed by atoms with van der Waals surface area (Å²) in [6, 6.07) is 4.20. The van der Waals surface area contributed by atoms with Crippen LogP contribution in [0.1, 0.15) is 11.6 Å². The van der Waals surface area contributed by atoms with Gasteiger partial charge in [0.15, 0.2) is 0 Å². The molecule has 1 unspecified atom stereocenters. The van der Waals surface area contributed by atoms with Crippen LogP contribution in [-0.4, -0.2) is 13.2 Å². The quantitative estimate of drug-likeness (QED) is 0.812. The van der Waals surface area contributed by atoms with E-state index in [0.717, 1.165) is 0 Å². The molecule has 1 nitrogen and oxygen atoms in total. The van der Waals surface area contributed by atoms with Crippen LogP contribution < -0.4 is 5.32 Å². The molecule has 14 heavy (non-hydrogen) atoms. The Morgan fingerprint density at radius 3 is 2.29 bits per heavy atom. The van der Waals surface area contributed by atoms with Crippen LogP contribution >= 0.6 is 11.6 Å². The lowest BCUT2D eigenvalue weighted by atomic mass is 10.1. The van der Waals surface area contributed by atoms with Gasteiger partial charge in [0, 0.05) is 5.02 Å². The fourth-order valence-electron chi connectivity index (χ4n) is 1.20. The van der Waals surface area contributed by atoms with Crippen LogP contribution in [0.2, 0.25) is 5.02 Å². The summed E-state index contributed by atoms with van der Waals surface area (Å²) in [5.74, 6) is 0. The largest absolute Gasteiger partial charge is 0.407 e. The molecule has 1 rings (SSSR count). The van der Waals surface area contributed by atoms with Crippen LogP contribution in [0.5, 0.6) is 0 Å². The Labute approximate surface area is 84.9 Å². The highest BCUT2D eigenvalue weighted by molar-refractivity contribution is 6.31. The van der Waals surface area contributed by atoms with Crippen molar-refractivity contribution in [2.24, 2.45) is 0 Å². The van der Waals surface area contributed by atoms with Gasteiger partial charge in [-0.15, -0.1) is 0 Å². The first-order valence-electron chi connectivity index (χ1n) is 3.95. The second-order valence-electron chi connectivity index (χ2n) is 2.78. The standard InChI is InChI=1S/C9H9ClF3N/c1-14-8(9(11,12)13)6-4-2-3-5-7(6)10/h2-5,8,14H,1H3. The number of benzene rings is 1. The third-order valence-corrected chi connectivity index (χ3v) is 2.18. The van der Waals surface area contributed by atoms with E-state index in [0.29, 0.717) is 0 Å². The summed E-state index contributed by atoms with van der Waals surface area (Å²) in [4.78, 5) is 0. The monoisotopic (exact) mass is 223 g/mol. The van der Waals surface area contributed by atoms with Crippen LogP contribution in [0.15, 0.2) is 24.3 Å². The maximum absolute atomic E-state index is 12.5. The number of rotatable bonds is 2. The molecule has 0 radical (unpaired) electrons. The number of alkyl halides is 3. The van der Waals surface area contributed by atoms with Crippen LogP contribution in [0.3, 0.4) is 0 Å². The van der Waals surface area contributed by atoms with E-state index in [-0.39, 0.29) is 10.6 Å². The first-order valence-corrected chi connectivity index (χ1v) is 4.33. The molecule has 78 valence electrons. The molecule has 0 aliphatic heterocycles. The molecule has 0 heterocycles. The zero-order chi connectivity index (χ0) is 10.8. The fraction of sp³-hybridized carbons (Fsp3) is 0.333. The van der Waals surface area contributed by atoms with Crippen molar-refractivity contribution in [1.29, 1.82) is 0 Å². The molecule has 0 aromatic heterocycles. The maximum atomic E-state index is 12.5. The van der Waals surface area contributed by atoms with Crippen molar-refractivity contribution in [1.82, 2.24) is 5.32 Å². The summed E-state index contributed by atoms with van der Waals surface area (Å²) in [7, 11) is 1.25. The number of hydrogen-bond donors (Lipinski definition) is 1. The highest BCUT2D eigenvalue weighted by atomic mass is 35.5. The normalized spacial score (nSPS) is 14.1. The molecule has 0 saturated heterocycles. The van der Waals surface area contributed by atoms with E-state index < -0.39 is 12.2 Å². The summed E-state index contributed by atoms with van der Waals surface area (Å²) in [5, 5.41) is 2.30. The van der Waals surface area contributed by atoms with Gasteiger partial charge < -0.3 is 5.32 Å². The summed E-state index contributed by atoms with van der Waals surface area (Å²) >= 11 is 5.66. The van der Waals surface area contributed by atoms with Gasteiger partial charge in [0.2, 0.25) is 0 Å². The lowest BCUT2D eigenvalue weighted by Gasteiger charge is -2.20. The molecule has 1 atom stereocenters. The minimum Gasteiger partial charge on any atom is -0.305 e. The Hall–Kier alpha value is -0.740. The second-order valence-corrected chi connectivity index (χ2v) is 3.19. The highest BCUT2D eigenvalue weighted by Crippen LogP contribution is 2.35. The Kier molecular flexibility index (Phi) is 3.39. The molecule has 0 amide bonds. The summed E-state index contributed by atoms with van der Waals surface area (Å²) in [6.45, 7) is 0. The van der Waals surface area contributed by atoms with Gasteiger partial charge in [-0.2, -0.15) is 13.2 Å². The van der Waals surface area contributed by atoms with E-state index in [4.69, 9.17) is 11.6 Å². The van der Waals surface area contributed by atoms with Gasteiger partial charge in [0.25, 0.3) is 0 Å². The van der Waals surface area contributed by atoms with Crippen molar-refractivity contribution < 1.29 is 13.2 Å². The molecule has 0 aliphatic carbocycles. The van der Waals surface area contributed by atoms with E-state index in [9.17, 15) is 13.2 Å². The van der Waals surface area contributed by atoms with Crippen molar-refractivity contribution in [3.63, 3.8) is 0 Å². The average molecular weight is 224 g/mol. The third-order valence-electron chi connectivity index (χ3n) is 1.83. The van der Waals surface area contributed by atoms with Crippen LogP contribution in [0, 0.1) is 0 Å². The van der Waals surface area contributed by atoms with Gasteiger partial charge >= 0.3 is 6.18 Å². The van der Waals surface area contributed by atoms with Crippen molar-refractivity contribution in [2.45, 2.75) is 12.2 Å². The SMILES string of the molecule is CNC(c1ccccc1Cl)C(F)(F)F. The van der Waals surface area contributed by atoms with Gasteiger partial charge in [0.05, 0.1) is 0 Å². The van der Waals surface area contributed by atoms with Gasteiger partial charge in [-0.1, -0.05) is 29.8 Å². The predicted molar refractivity (Wildman–Crippen MR) is 49.3 cm³/mol. The zero-order valence-corrected chi connectivity index (χ0v) is 8.15. The molecule has 0 bridgehead atoms. The summed E-state index contributed by atoms with van der Waals surface area (Å²) in [5.41, 5.74) is 0.0455. The van der Waals surface area contributed by atoms with Gasteiger partial charge in [0.1, 0.15) is 6.04 Å². The fourth-order valence-corrected chi connectivity index (χ4v) is 1.45. The second kappa shape index (κ2) is 4.19. The molecule has 0 spiro atoms. The van der Waals surface area contributed by atoms with Crippen molar-refractivity contribution in [2.75, 3.05) is 7.05 Å². The smallest absolute Gasteiger partial charge is 0.305 e. The molecule has 1 N–H and O–H groups in total. The molecule has 1 aromatic carbocycles. The predicted octanol–water partition coefficient (Wildman–Crippen LogP) is 3.16. The van der Waals surface area contributed by atoms with E-state index in [1.807, 2.05) is 0 Å². The molecule has 0 saturated carbocycles. The van der Waals surface area contributed by atoms with Crippen LogP contribution in [0.4, 0.5) is 13.2 Å². The van der Waals surface area contributed by atoms with E-state index in [1.54, 1.807) is 6.07 Å². The van der Waals surface area contributed by atoms with E-state index >= 15 is 0 Å². The molecule has 1 aromatic rings. The Morgan fingerprint density at radius 1 is 1.29 bits per heavy atom. The molecule has 5 heteroatoms. The van der Waals surface area contributed by atoms with Crippen molar-refractivity contribution in [3.8, 4) is 0 Å². The molecule has 0 aliphatic rings. The number of hydrogen-bond acceptors (Lipinski definition) is 1. The Bertz CT molecular complexity index is 311. The van der Waals surface area contributed by atoms with Gasteiger partial charge in [-0.25, -0.2) is 0 Å². The van der Waals surface area contributed by atoms with E-state index in [1.165, 1.54) is 25.2 Å². The van der Waals surface area contributed by atoms with Gasteiger partial charge in [-0.3, -0.25) is 0 Å². The minimum atomic E-state index is -4.33. The summed E-state index contributed by atoms with van der Waals surface area (Å²) < 4.78 is 37.4. The van der Waals surface area contributed by atoms with Crippen LogP contribution in [-0.2, 0) is 0 Å². The first kappa shape index (κ1) is 11.3. The average Bonchev–Trinajstić information content (AvgIpc) is 2.07. The number of nitrogens with one attached hydrogen (secondary N) is 1. The zero-order valence-electron chi connectivity index (χ0n) is 7.40. The Morgan fingerprint density at radius 2 is 1.86 bits per heavy atom. The lowest BCUT2D eigenvalue weighted by Crippen LogP contribution is -2.31. The first-order chi connectivity index (χ1) is 6.46. The highest BCUT2D eigenvalue weighted by Gasteiger charge is 2.40. The minimum absolute atomic E-state index is 0.0455. The molecule has 0 fully saturated rings. The molecular formula is C9H9ClF3N. The topological polar surface area (TPSA) is 12.0 Å². The maximum Gasteiger partial charge on any atom is 0.407 e. The van der Waals surface area contributed by atoms with Crippen molar-refractivity contribution in [3.05, 3.63) is 34.9 Å². The third kappa shape index (κ3) is 2.39. The van der Waals surface area contributed by atoms with E-state index in [2.05, 4.69) is 5.32 Å². The molecular weight excluding hydrogens is 215 g/mol. The number of halogens is 4. The van der Waals surface area contributed by atoms with Gasteiger partial charge in [-0.05, 0) is 18.7 Å².